The van der Waals surface area contributed by atoms with Crippen molar-refractivity contribution in [2.45, 2.75) is 38.5 Å². The lowest BCUT2D eigenvalue weighted by Gasteiger charge is -2.46. The number of morpholine rings is 1. The third-order valence-corrected chi connectivity index (χ3v) is 4.86. The molecule has 0 bridgehead atoms. The number of nitrogens with zero attached hydrogens (tertiary/aromatic N) is 3. The van der Waals surface area contributed by atoms with Gasteiger partial charge < -0.3 is 19.1 Å². The zero-order chi connectivity index (χ0) is 19.6. The summed E-state index contributed by atoms with van der Waals surface area (Å²) in [5, 5.41) is 9.13. The minimum atomic E-state index is -0.489. The molecular weight excluding hydrogens is 346 g/mol. The molecule has 1 aromatic carbocycles. The Kier molecular flexibility index (Phi) is 5.59. The van der Waals surface area contributed by atoms with Gasteiger partial charge in [-0.2, -0.15) is 5.26 Å². The van der Waals surface area contributed by atoms with Gasteiger partial charge in [-0.15, -0.1) is 0 Å². The number of amides is 1. The quantitative estimate of drug-likeness (QED) is 0.793. The molecule has 0 unspecified atom stereocenters. The van der Waals surface area contributed by atoms with Crippen molar-refractivity contribution < 1.29 is 19.0 Å². The molecular formula is C20H27N3O4. The molecule has 0 saturated carbocycles. The van der Waals surface area contributed by atoms with E-state index in [4.69, 9.17) is 19.5 Å². The van der Waals surface area contributed by atoms with Crippen molar-refractivity contribution in [2.75, 3.05) is 39.9 Å². The monoisotopic (exact) mass is 373 g/mol. The second-order valence-corrected chi connectivity index (χ2v) is 7.97. The van der Waals surface area contributed by atoms with E-state index < -0.39 is 5.60 Å². The molecule has 2 aliphatic heterocycles. The number of nitriles is 1. The number of benzene rings is 1. The van der Waals surface area contributed by atoms with Gasteiger partial charge in [0.15, 0.2) is 0 Å². The Bertz CT molecular complexity index is 738. The van der Waals surface area contributed by atoms with E-state index in [2.05, 4.69) is 11.0 Å². The standard InChI is InChI=1S/C20H27N3O4/c1-20(2,3)27-19(24)23-8-7-22-12-18(26-13-16(22)11-23)14-5-6-15(10-21)17(9-14)25-4/h5-6,9,16,18H,7-8,11-13H2,1-4H3/t16-,18-/m1/s1. The predicted octanol–water partition coefficient (Wildman–Crippen LogP) is 2.56. The Balaban J connectivity index is 1.63. The number of fused-ring (bicyclic) bond motifs is 1. The minimum absolute atomic E-state index is 0.0732. The van der Waals surface area contributed by atoms with Gasteiger partial charge in [0.05, 0.1) is 31.4 Å². The fourth-order valence-electron chi connectivity index (χ4n) is 3.48. The molecule has 0 aromatic heterocycles. The summed E-state index contributed by atoms with van der Waals surface area (Å²) in [6.07, 6.45) is -0.336. The van der Waals surface area contributed by atoms with Crippen molar-refractivity contribution in [1.29, 1.82) is 5.26 Å². The number of methoxy groups -OCH3 is 1. The third kappa shape index (κ3) is 4.52. The van der Waals surface area contributed by atoms with Crippen molar-refractivity contribution in [2.24, 2.45) is 0 Å². The van der Waals surface area contributed by atoms with Crippen molar-refractivity contribution in [3.8, 4) is 11.8 Å². The van der Waals surface area contributed by atoms with E-state index in [1.807, 2.05) is 32.9 Å². The molecule has 7 nitrogen and oxygen atoms in total. The maximum absolute atomic E-state index is 12.3. The van der Waals surface area contributed by atoms with Crippen LogP contribution in [0.2, 0.25) is 0 Å². The highest BCUT2D eigenvalue weighted by molar-refractivity contribution is 5.68. The highest BCUT2D eigenvalue weighted by atomic mass is 16.6. The van der Waals surface area contributed by atoms with Gasteiger partial charge in [0, 0.05) is 26.2 Å². The first-order valence-corrected chi connectivity index (χ1v) is 9.22. The van der Waals surface area contributed by atoms with Crippen LogP contribution in [0.3, 0.4) is 0 Å². The summed E-state index contributed by atoms with van der Waals surface area (Å²) >= 11 is 0. The molecule has 146 valence electrons. The smallest absolute Gasteiger partial charge is 0.410 e. The first-order chi connectivity index (χ1) is 12.8. The molecule has 0 aliphatic carbocycles. The van der Waals surface area contributed by atoms with Crippen LogP contribution >= 0.6 is 0 Å². The minimum Gasteiger partial charge on any atom is -0.495 e. The highest BCUT2D eigenvalue weighted by Gasteiger charge is 2.36. The van der Waals surface area contributed by atoms with Gasteiger partial charge in [0.2, 0.25) is 0 Å². The van der Waals surface area contributed by atoms with Crippen LogP contribution in [-0.2, 0) is 9.47 Å². The number of rotatable bonds is 2. The van der Waals surface area contributed by atoms with Gasteiger partial charge in [-0.1, -0.05) is 6.07 Å². The largest absolute Gasteiger partial charge is 0.495 e. The molecule has 0 radical (unpaired) electrons. The molecule has 3 rings (SSSR count). The van der Waals surface area contributed by atoms with Crippen LogP contribution in [0.5, 0.6) is 5.75 Å². The fraction of sp³-hybridized carbons (Fsp3) is 0.600. The number of carbonyl (C=O) groups excluding carboxylic acids is 1. The molecule has 1 aromatic rings. The summed E-state index contributed by atoms with van der Waals surface area (Å²) in [4.78, 5) is 16.4. The van der Waals surface area contributed by atoms with Gasteiger partial charge in [-0.25, -0.2) is 4.79 Å². The topological polar surface area (TPSA) is 75.0 Å². The number of hydrogen-bond donors (Lipinski definition) is 0. The molecule has 0 N–H and O–H groups in total. The van der Waals surface area contributed by atoms with Gasteiger partial charge in [-0.05, 0) is 38.5 Å². The number of piperazine rings is 1. The summed E-state index contributed by atoms with van der Waals surface area (Å²) in [7, 11) is 1.56. The van der Waals surface area contributed by atoms with Gasteiger partial charge in [0.1, 0.15) is 17.4 Å². The first-order valence-electron chi connectivity index (χ1n) is 9.22. The van der Waals surface area contributed by atoms with Gasteiger partial charge in [-0.3, -0.25) is 4.90 Å². The second-order valence-electron chi connectivity index (χ2n) is 7.97. The average molecular weight is 373 g/mol. The van der Waals surface area contributed by atoms with Crippen molar-refractivity contribution in [3.05, 3.63) is 29.3 Å². The highest BCUT2D eigenvalue weighted by Crippen LogP contribution is 2.30. The molecule has 2 fully saturated rings. The van der Waals surface area contributed by atoms with Crippen molar-refractivity contribution in [1.82, 2.24) is 9.80 Å². The van der Waals surface area contributed by atoms with Crippen LogP contribution in [0.15, 0.2) is 18.2 Å². The number of ether oxygens (including phenoxy) is 3. The zero-order valence-corrected chi connectivity index (χ0v) is 16.4. The predicted molar refractivity (Wildman–Crippen MR) is 99.6 cm³/mol. The van der Waals surface area contributed by atoms with Crippen LogP contribution in [0.25, 0.3) is 0 Å². The Hall–Kier alpha value is -2.30. The number of carbonyl (C=O) groups is 1. The second kappa shape index (κ2) is 7.75. The van der Waals surface area contributed by atoms with Crippen LogP contribution in [0.4, 0.5) is 4.79 Å². The summed E-state index contributed by atoms with van der Waals surface area (Å²) in [6.45, 7) is 8.97. The van der Waals surface area contributed by atoms with E-state index in [9.17, 15) is 4.79 Å². The summed E-state index contributed by atoms with van der Waals surface area (Å²) < 4.78 is 16.9. The molecule has 2 saturated heterocycles. The number of hydrogen-bond acceptors (Lipinski definition) is 6. The maximum atomic E-state index is 12.3. The lowest BCUT2D eigenvalue weighted by Crippen LogP contribution is -2.59. The van der Waals surface area contributed by atoms with E-state index in [-0.39, 0.29) is 18.2 Å². The van der Waals surface area contributed by atoms with Gasteiger partial charge in [0.25, 0.3) is 0 Å². The summed E-state index contributed by atoms with van der Waals surface area (Å²) in [5.41, 5.74) is 1.02. The molecule has 27 heavy (non-hydrogen) atoms. The van der Waals surface area contributed by atoms with E-state index >= 15 is 0 Å². The molecule has 2 atom stereocenters. The van der Waals surface area contributed by atoms with Crippen LogP contribution < -0.4 is 4.74 Å². The Morgan fingerprint density at radius 1 is 1.30 bits per heavy atom. The Morgan fingerprint density at radius 3 is 2.74 bits per heavy atom. The van der Waals surface area contributed by atoms with Crippen LogP contribution in [0, 0.1) is 11.3 Å². The summed E-state index contributed by atoms with van der Waals surface area (Å²) in [6, 6.07) is 7.86. The van der Waals surface area contributed by atoms with E-state index in [0.717, 1.165) is 18.7 Å². The maximum Gasteiger partial charge on any atom is 0.410 e. The molecule has 7 heteroatoms. The first kappa shape index (κ1) is 19.5. The van der Waals surface area contributed by atoms with Crippen molar-refractivity contribution in [3.63, 3.8) is 0 Å². The Morgan fingerprint density at radius 2 is 2.07 bits per heavy atom. The van der Waals surface area contributed by atoms with E-state index in [0.29, 0.717) is 31.0 Å². The lowest BCUT2D eigenvalue weighted by atomic mass is 10.0. The SMILES string of the molecule is COc1cc([C@H]2CN3CCN(C(=O)OC(C)(C)C)C[C@@H]3CO2)ccc1C#N. The van der Waals surface area contributed by atoms with Gasteiger partial charge >= 0.3 is 6.09 Å². The summed E-state index contributed by atoms with van der Waals surface area (Å²) in [5.74, 6) is 0.565. The lowest BCUT2D eigenvalue weighted by molar-refractivity contribution is -0.0906. The molecule has 2 heterocycles. The molecule has 1 amide bonds. The fourth-order valence-corrected chi connectivity index (χ4v) is 3.48. The van der Waals surface area contributed by atoms with Crippen LogP contribution in [0.1, 0.15) is 38.0 Å². The average Bonchev–Trinajstić information content (AvgIpc) is 2.65. The van der Waals surface area contributed by atoms with Crippen molar-refractivity contribution >= 4 is 6.09 Å². The molecule has 2 aliphatic rings. The normalized spacial score (nSPS) is 23.3. The van der Waals surface area contributed by atoms with E-state index in [1.54, 1.807) is 18.1 Å². The van der Waals surface area contributed by atoms with Crippen LogP contribution in [-0.4, -0.2) is 67.4 Å². The molecule has 0 spiro atoms. The third-order valence-electron chi connectivity index (χ3n) is 4.86. The zero-order valence-electron chi connectivity index (χ0n) is 16.4. The Labute approximate surface area is 160 Å². The van der Waals surface area contributed by atoms with E-state index in [1.165, 1.54) is 0 Å².